The van der Waals surface area contributed by atoms with Crippen LogP contribution in [0.3, 0.4) is 0 Å². The van der Waals surface area contributed by atoms with Crippen LogP contribution in [0, 0.1) is 25.7 Å². The number of halogens is 3. The highest BCUT2D eigenvalue weighted by molar-refractivity contribution is 7.98. The van der Waals surface area contributed by atoms with Crippen molar-refractivity contribution in [1.29, 1.82) is 0 Å². The highest BCUT2D eigenvalue weighted by Gasteiger charge is 2.49. The van der Waals surface area contributed by atoms with E-state index in [0.29, 0.717) is 53.9 Å². The maximum absolute atomic E-state index is 13.2. The molecule has 9 nitrogen and oxygen atoms in total. The van der Waals surface area contributed by atoms with Crippen molar-refractivity contribution in [1.82, 2.24) is 20.7 Å². The number of hydrogen-bond donors (Lipinski definition) is 3. The van der Waals surface area contributed by atoms with Crippen molar-refractivity contribution in [2.24, 2.45) is 11.8 Å². The van der Waals surface area contributed by atoms with Crippen LogP contribution in [-0.4, -0.2) is 52.9 Å². The second kappa shape index (κ2) is 11.1. The Bertz CT molecular complexity index is 1440. The zero-order chi connectivity index (χ0) is 29.7. The number of nitrogens with zero attached hydrogens (tertiary/aromatic N) is 1. The van der Waals surface area contributed by atoms with E-state index in [-0.39, 0.29) is 34.9 Å². The Balaban J connectivity index is 1.23. The van der Waals surface area contributed by atoms with Gasteiger partial charge in [-0.05, 0) is 57.9 Å². The largest absolute Gasteiger partial charge is 0.448 e. The molecule has 2 amide bonds. The number of hydrazine groups is 1. The van der Waals surface area contributed by atoms with Gasteiger partial charge >= 0.3 is 0 Å². The molecule has 1 saturated carbocycles. The third-order valence-electron chi connectivity index (χ3n) is 8.12. The molecule has 222 valence electrons. The second-order valence-corrected chi connectivity index (χ2v) is 12.4. The lowest BCUT2D eigenvalue weighted by molar-refractivity contribution is -0.166. The fourth-order valence-electron chi connectivity index (χ4n) is 5.77. The second-order valence-electron chi connectivity index (χ2n) is 11.2. The molecule has 1 aromatic carbocycles. The molecule has 1 aromatic heterocycles. The van der Waals surface area contributed by atoms with Gasteiger partial charge in [-0.2, -0.15) is 0 Å². The SMILES string of the molecule is CSc1cc(C)[nH]c(=O)c1CNC(=O)c1cc(Cl)c2c(c1C)O[C@@](C)([C@H]1CC[C@@H](C(=O)NN3CC(F)(F)C3)CC1)O2. The van der Waals surface area contributed by atoms with Gasteiger partial charge in [-0.3, -0.25) is 19.8 Å². The number of pyridine rings is 1. The van der Waals surface area contributed by atoms with Gasteiger partial charge in [0.2, 0.25) is 5.91 Å². The molecule has 13 heteroatoms. The van der Waals surface area contributed by atoms with Gasteiger partial charge in [-0.1, -0.05) is 11.6 Å². The van der Waals surface area contributed by atoms with Crippen molar-refractivity contribution in [3.63, 3.8) is 0 Å². The number of rotatable bonds is 7. The maximum Gasteiger partial charge on any atom is 0.276 e. The quantitative estimate of drug-likeness (QED) is 0.394. The first-order valence-electron chi connectivity index (χ1n) is 13.5. The predicted octanol–water partition coefficient (Wildman–Crippen LogP) is 4.57. The number of hydrogen-bond acceptors (Lipinski definition) is 7. The lowest BCUT2D eigenvalue weighted by atomic mass is 9.78. The van der Waals surface area contributed by atoms with Crippen molar-refractivity contribution < 1.29 is 27.8 Å². The zero-order valence-electron chi connectivity index (χ0n) is 23.3. The molecule has 3 heterocycles. The van der Waals surface area contributed by atoms with Crippen LogP contribution in [0.15, 0.2) is 21.8 Å². The van der Waals surface area contributed by atoms with Crippen LogP contribution in [0.4, 0.5) is 8.78 Å². The van der Waals surface area contributed by atoms with Crippen LogP contribution in [0.2, 0.25) is 5.02 Å². The Morgan fingerprint density at radius 3 is 2.44 bits per heavy atom. The summed E-state index contributed by atoms with van der Waals surface area (Å²) in [6.45, 7) is 4.50. The average molecular weight is 611 g/mol. The summed E-state index contributed by atoms with van der Waals surface area (Å²) < 4.78 is 38.8. The molecule has 0 unspecified atom stereocenters. The average Bonchev–Trinajstić information content (AvgIpc) is 3.28. The smallest absolute Gasteiger partial charge is 0.276 e. The molecule has 2 fully saturated rings. The Labute approximate surface area is 245 Å². The third-order valence-corrected chi connectivity index (χ3v) is 9.21. The molecule has 2 aromatic rings. The van der Waals surface area contributed by atoms with Gasteiger partial charge in [-0.15, -0.1) is 11.8 Å². The Hall–Kier alpha value is -2.83. The number of aromatic amines is 1. The van der Waals surface area contributed by atoms with Crippen molar-refractivity contribution >= 4 is 35.2 Å². The number of thioether (sulfide) groups is 1. The minimum absolute atomic E-state index is 0.0465. The van der Waals surface area contributed by atoms with Gasteiger partial charge in [0.15, 0.2) is 11.5 Å². The van der Waals surface area contributed by atoms with E-state index in [1.807, 2.05) is 19.2 Å². The summed E-state index contributed by atoms with van der Waals surface area (Å²) in [5, 5.41) is 4.30. The van der Waals surface area contributed by atoms with E-state index in [1.54, 1.807) is 13.8 Å². The Morgan fingerprint density at radius 2 is 1.80 bits per heavy atom. The van der Waals surface area contributed by atoms with Gasteiger partial charge < -0.3 is 19.8 Å². The van der Waals surface area contributed by atoms with E-state index in [4.69, 9.17) is 21.1 Å². The van der Waals surface area contributed by atoms with Gasteiger partial charge in [0.25, 0.3) is 23.2 Å². The molecule has 0 radical (unpaired) electrons. The van der Waals surface area contributed by atoms with Gasteiger partial charge in [0.1, 0.15) is 0 Å². The molecule has 1 saturated heterocycles. The van der Waals surface area contributed by atoms with Crippen LogP contribution in [-0.2, 0) is 11.3 Å². The molecule has 3 N–H and O–H groups in total. The number of H-pyrrole nitrogens is 1. The first-order valence-corrected chi connectivity index (χ1v) is 15.1. The number of benzene rings is 1. The number of fused-ring (bicyclic) bond motifs is 1. The summed E-state index contributed by atoms with van der Waals surface area (Å²) >= 11 is 8.00. The molecular formula is C28H33ClF2N4O5S. The van der Waals surface area contributed by atoms with Crippen molar-refractivity contribution in [3.8, 4) is 11.5 Å². The molecule has 41 heavy (non-hydrogen) atoms. The van der Waals surface area contributed by atoms with Gasteiger partial charge in [0.05, 0.1) is 18.1 Å². The van der Waals surface area contributed by atoms with Crippen molar-refractivity contribution in [3.05, 3.63) is 49.9 Å². The monoisotopic (exact) mass is 610 g/mol. The fourth-order valence-corrected chi connectivity index (χ4v) is 6.71. The third kappa shape index (κ3) is 5.91. The highest BCUT2D eigenvalue weighted by atomic mass is 35.5. The standard InChI is InChI=1S/C28H33ClF2N4O5S/c1-14-9-21(41-4)19(26(38)33-14)11-32-25(37)18-10-20(29)23-22(15(18)2)39-27(3,40-23)17-7-5-16(6-8-17)24(36)34-35-12-28(30,31)13-35/h9-10,16-17H,5-8,11-13H2,1-4H3,(H,32,37)(H,33,38)(H,34,36)/t16-,17+,27-/m1/s1. The van der Waals surface area contributed by atoms with Crippen LogP contribution in [0.25, 0.3) is 0 Å². The summed E-state index contributed by atoms with van der Waals surface area (Å²) in [6.07, 6.45) is 4.26. The summed E-state index contributed by atoms with van der Waals surface area (Å²) in [6, 6.07) is 3.40. The number of alkyl halides is 2. The van der Waals surface area contributed by atoms with Crippen molar-refractivity contribution in [2.45, 2.75) is 69.6 Å². The summed E-state index contributed by atoms with van der Waals surface area (Å²) in [7, 11) is 0. The molecule has 0 spiro atoms. The number of aromatic nitrogens is 1. The number of nitrogens with one attached hydrogen (secondary N) is 3. The highest BCUT2D eigenvalue weighted by Crippen LogP contribution is 2.52. The van der Waals surface area contributed by atoms with Crippen LogP contribution in [0.5, 0.6) is 11.5 Å². The number of aryl methyl sites for hydroxylation is 1. The summed E-state index contributed by atoms with van der Waals surface area (Å²) in [5.74, 6) is -4.02. The van der Waals surface area contributed by atoms with Gasteiger partial charge in [0, 0.05) is 52.6 Å². The fraction of sp³-hybridized carbons (Fsp3) is 0.536. The molecule has 0 bridgehead atoms. The van der Waals surface area contributed by atoms with E-state index < -0.39 is 30.7 Å². The van der Waals surface area contributed by atoms with E-state index in [0.717, 1.165) is 10.6 Å². The number of carbonyl (C=O) groups is 2. The van der Waals surface area contributed by atoms with E-state index in [1.165, 1.54) is 22.8 Å². The first kappa shape index (κ1) is 29.7. The normalized spacial score (nSPS) is 25.0. The minimum atomic E-state index is -2.75. The molecule has 1 aliphatic carbocycles. The molecular weight excluding hydrogens is 578 g/mol. The van der Waals surface area contributed by atoms with Crippen LogP contribution < -0.4 is 25.8 Å². The minimum Gasteiger partial charge on any atom is -0.448 e. The lowest BCUT2D eigenvalue weighted by Crippen LogP contribution is -2.63. The molecule has 3 aliphatic rings. The van der Waals surface area contributed by atoms with E-state index >= 15 is 0 Å². The number of ether oxygens (including phenoxy) is 2. The number of carbonyl (C=O) groups excluding carboxylic acids is 2. The topological polar surface area (TPSA) is 113 Å². The van der Waals surface area contributed by atoms with E-state index in [9.17, 15) is 23.2 Å². The Kier molecular flexibility index (Phi) is 8.03. The predicted molar refractivity (Wildman–Crippen MR) is 151 cm³/mol. The Morgan fingerprint density at radius 1 is 1.15 bits per heavy atom. The summed E-state index contributed by atoms with van der Waals surface area (Å²) in [4.78, 5) is 41.8. The molecule has 1 atom stereocenters. The van der Waals surface area contributed by atoms with E-state index in [2.05, 4.69) is 15.7 Å². The molecule has 5 rings (SSSR count). The zero-order valence-corrected chi connectivity index (χ0v) is 24.9. The maximum atomic E-state index is 13.2. The molecule has 2 aliphatic heterocycles. The summed E-state index contributed by atoms with van der Waals surface area (Å²) in [5.41, 5.74) is 4.43. The van der Waals surface area contributed by atoms with Crippen LogP contribution >= 0.6 is 23.4 Å². The number of amides is 2. The van der Waals surface area contributed by atoms with Gasteiger partial charge in [-0.25, -0.2) is 13.8 Å². The lowest BCUT2D eigenvalue weighted by Gasteiger charge is -2.40. The van der Waals surface area contributed by atoms with Crippen LogP contribution in [0.1, 0.15) is 59.8 Å². The van der Waals surface area contributed by atoms with Crippen molar-refractivity contribution in [2.75, 3.05) is 19.3 Å². The first-order chi connectivity index (χ1) is 19.3.